The lowest BCUT2D eigenvalue weighted by Crippen LogP contribution is -2.42. The first-order chi connectivity index (χ1) is 28.5. The van der Waals surface area contributed by atoms with Crippen LogP contribution in [0.1, 0.15) is 77.0 Å². The standard InChI is InChI=1S/C12H17N3.C11H16N4.C10H15N3O.C10H15N3S/c1-3-11(9-13-6-1)15-8-5-12(10-15)4-2-7-14-12;1-2-11(14-4-1)3-5-15(8-11)10-6-12-9-13-7-10;2*1-3-10(11-5-1)4-7-13(8-10)9-2-6-12-14-9/h1,3,6,9,14H,2,4-5,7-8,10H2;6-7,9,14H,1-5,8H2;2*2,6,11H,1,3-5,7-8H2. The second-order valence-corrected chi connectivity index (χ2v) is 18.7. The average Bonchev–Trinajstić information content (AvgIpc) is 4.13. The lowest BCUT2D eigenvalue weighted by atomic mass is 9.97. The van der Waals surface area contributed by atoms with Crippen LogP contribution in [0.2, 0.25) is 0 Å². The molecule has 4 N–H and O–H groups in total. The molecule has 0 saturated carbocycles. The van der Waals surface area contributed by atoms with Gasteiger partial charge in [0.1, 0.15) is 11.3 Å². The highest BCUT2D eigenvalue weighted by atomic mass is 32.1. The number of pyridine rings is 1. The first kappa shape index (κ1) is 39.6. The minimum absolute atomic E-state index is 0.368. The van der Waals surface area contributed by atoms with Crippen LogP contribution in [0.4, 0.5) is 22.3 Å². The van der Waals surface area contributed by atoms with Crippen LogP contribution in [0.3, 0.4) is 0 Å². The molecule has 0 aliphatic carbocycles. The molecular formula is C43H63N13OS. The van der Waals surface area contributed by atoms with Gasteiger partial charge in [-0.3, -0.25) is 4.98 Å². The minimum Gasteiger partial charge on any atom is -0.368 e. The SMILES string of the molecule is c1cc(N2CCC3(CCCN3)C2)on1.c1cc(N2CCC3(CCCN3)C2)sn1.c1cncc(N2CCC3(CCCN3)C2)c1.c1ncc(N2CCC3(CCCN3)C2)cn1. The summed E-state index contributed by atoms with van der Waals surface area (Å²) in [5, 5.41) is 19.7. The number of aromatic nitrogens is 5. The average molecular weight is 810 g/mol. The van der Waals surface area contributed by atoms with Crippen LogP contribution in [0.25, 0.3) is 0 Å². The molecule has 15 heteroatoms. The number of nitrogens with zero attached hydrogens (tertiary/aromatic N) is 9. The monoisotopic (exact) mass is 809 g/mol. The summed E-state index contributed by atoms with van der Waals surface area (Å²) in [5.74, 6) is 0.913. The van der Waals surface area contributed by atoms with Crippen LogP contribution in [0.15, 0.2) is 72.3 Å². The second-order valence-electron chi connectivity index (χ2n) is 17.9. The summed E-state index contributed by atoms with van der Waals surface area (Å²) in [6, 6.07) is 8.23. The molecule has 8 aliphatic rings. The van der Waals surface area contributed by atoms with Gasteiger partial charge in [0.05, 0.1) is 36.2 Å². The Bertz CT molecular complexity index is 1670. The zero-order valence-corrected chi connectivity index (χ0v) is 35.0. The van der Waals surface area contributed by atoms with Crippen molar-refractivity contribution in [1.29, 1.82) is 0 Å². The van der Waals surface area contributed by atoms with Gasteiger partial charge < -0.3 is 45.4 Å². The molecule has 0 aromatic carbocycles. The lowest BCUT2D eigenvalue weighted by Gasteiger charge is -2.25. The lowest BCUT2D eigenvalue weighted by molar-refractivity contribution is 0.402. The van der Waals surface area contributed by atoms with Gasteiger partial charge in [0.2, 0.25) is 5.88 Å². The normalized spacial score (nSPS) is 31.0. The maximum absolute atomic E-state index is 5.17. The minimum atomic E-state index is 0.368. The number of hydrogen-bond donors (Lipinski definition) is 4. The molecule has 4 aromatic heterocycles. The van der Waals surface area contributed by atoms with Crippen molar-refractivity contribution < 1.29 is 4.52 Å². The quantitative estimate of drug-likeness (QED) is 0.227. The van der Waals surface area contributed by atoms with Gasteiger partial charge in [0.25, 0.3) is 0 Å². The van der Waals surface area contributed by atoms with Gasteiger partial charge in [-0.15, -0.1) is 0 Å². The zero-order chi connectivity index (χ0) is 39.1. The van der Waals surface area contributed by atoms with Gasteiger partial charge in [0, 0.05) is 93.0 Å². The molecule has 12 rings (SSSR count). The number of hydrogen-bond acceptors (Lipinski definition) is 15. The summed E-state index contributed by atoms with van der Waals surface area (Å²) in [6.45, 7) is 13.8. The van der Waals surface area contributed by atoms with Crippen LogP contribution in [0.5, 0.6) is 0 Å². The molecule has 58 heavy (non-hydrogen) atoms. The maximum Gasteiger partial charge on any atom is 0.227 e. The van der Waals surface area contributed by atoms with E-state index < -0.39 is 0 Å². The number of anilines is 4. The van der Waals surface area contributed by atoms with E-state index in [1.54, 1.807) is 24.1 Å². The zero-order valence-electron chi connectivity index (χ0n) is 34.2. The molecule has 4 aromatic rings. The molecule has 12 heterocycles. The molecule has 8 fully saturated rings. The van der Waals surface area contributed by atoms with Crippen molar-refractivity contribution in [3.63, 3.8) is 0 Å². The highest BCUT2D eigenvalue weighted by Gasteiger charge is 2.43. The third-order valence-electron chi connectivity index (χ3n) is 14.1. The molecule has 4 atom stereocenters. The van der Waals surface area contributed by atoms with E-state index in [9.17, 15) is 0 Å². The van der Waals surface area contributed by atoms with E-state index in [-0.39, 0.29) is 0 Å². The van der Waals surface area contributed by atoms with E-state index in [2.05, 4.69) is 77.5 Å². The van der Waals surface area contributed by atoms with Gasteiger partial charge >= 0.3 is 0 Å². The molecule has 0 amide bonds. The Kier molecular flexibility index (Phi) is 12.1. The second kappa shape index (κ2) is 17.8. The molecule has 4 unspecified atom stereocenters. The Morgan fingerprint density at radius 3 is 1.52 bits per heavy atom. The van der Waals surface area contributed by atoms with Crippen molar-refractivity contribution in [3.8, 4) is 0 Å². The maximum atomic E-state index is 5.17. The third kappa shape index (κ3) is 9.13. The molecule has 0 bridgehead atoms. The summed E-state index contributed by atoms with van der Waals surface area (Å²) >= 11 is 1.61. The first-order valence-electron chi connectivity index (χ1n) is 22.0. The van der Waals surface area contributed by atoms with Crippen molar-refractivity contribution >= 4 is 33.8 Å². The van der Waals surface area contributed by atoms with Gasteiger partial charge in [-0.2, -0.15) is 4.37 Å². The fraction of sp³-hybridized carbons (Fsp3) is 0.651. The van der Waals surface area contributed by atoms with E-state index in [1.165, 1.54) is 134 Å². The van der Waals surface area contributed by atoms with Crippen molar-refractivity contribution in [2.24, 2.45) is 0 Å². The topological polar surface area (TPSA) is 139 Å². The Morgan fingerprint density at radius 1 is 0.517 bits per heavy atom. The van der Waals surface area contributed by atoms with Crippen molar-refractivity contribution in [3.05, 3.63) is 67.8 Å². The van der Waals surface area contributed by atoms with Crippen LogP contribution in [-0.4, -0.2) is 125 Å². The number of nitrogens with one attached hydrogen (secondary N) is 4. The predicted octanol–water partition coefficient (Wildman–Crippen LogP) is 4.71. The fourth-order valence-electron chi connectivity index (χ4n) is 10.9. The highest BCUT2D eigenvalue weighted by molar-refractivity contribution is 7.10. The van der Waals surface area contributed by atoms with E-state index in [1.807, 2.05) is 43.1 Å². The van der Waals surface area contributed by atoms with Gasteiger partial charge in [-0.25, -0.2) is 9.97 Å². The molecule has 14 nitrogen and oxygen atoms in total. The molecule has 312 valence electrons. The Balaban J connectivity index is 0.000000100. The fourth-order valence-corrected chi connectivity index (χ4v) is 11.5. The van der Waals surface area contributed by atoms with Gasteiger partial charge in [-0.05, 0) is 133 Å². The van der Waals surface area contributed by atoms with Gasteiger partial charge in [-0.1, -0.05) is 5.16 Å². The van der Waals surface area contributed by atoms with Crippen molar-refractivity contribution in [2.45, 2.75) is 99.2 Å². The smallest absolute Gasteiger partial charge is 0.227 e. The summed E-state index contributed by atoms with van der Waals surface area (Å²) in [5.41, 5.74) is 4.02. The summed E-state index contributed by atoms with van der Waals surface area (Å²) in [7, 11) is 0. The number of rotatable bonds is 4. The van der Waals surface area contributed by atoms with Crippen LogP contribution >= 0.6 is 11.5 Å². The summed E-state index contributed by atoms with van der Waals surface area (Å²) in [4.78, 5) is 21.9. The molecule has 8 aliphatic heterocycles. The Labute approximate surface area is 348 Å². The third-order valence-corrected chi connectivity index (χ3v) is 14.9. The Morgan fingerprint density at radius 2 is 1.03 bits per heavy atom. The molecule has 8 saturated heterocycles. The highest BCUT2D eigenvalue weighted by Crippen LogP contribution is 2.36. The summed E-state index contributed by atoms with van der Waals surface area (Å²) in [6.07, 6.45) is 28.5. The summed E-state index contributed by atoms with van der Waals surface area (Å²) < 4.78 is 9.33. The van der Waals surface area contributed by atoms with Crippen molar-refractivity contribution in [2.75, 3.05) is 98.1 Å². The van der Waals surface area contributed by atoms with Crippen LogP contribution in [0, 0.1) is 0 Å². The van der Waals surface area contributed by atoms with Crippen LogP contribution in [-0.2, 0) is 0 Å². The predicted molar refractivity (Wildman–Crippen MR) is 232 cm³/mol. The van der Waals surface area contributed by atoms with E-state index in [0.717, 1.165) is 44.3 Å². The molecule has 0 radical (unpaired) electrons. The first-order valence-corrected chi connectivity index (χ1v) is 22.8. The van der Waals surface area contributed by atoms with Crippen molar-refractivity contribution in [1.82, 2.24) is 45.7 Å². The Hall–Kier alpha value is -3.89. The van der Waals surface area contributed by atoms with Gasteiger partial charge in [0.15, 0.2) is 0 Å². The molecule has 4 spiro atoms. The molecular weight excluding hydrogens is 747 g/mol. The van der Waals surface area contributed by atoms with E-state index >= 15 is 0 Å². The van der Waals surface area contributed by atoms with E-state index in [4.69, 9.17) is 4.52 Å². The largest absolute Gasteiger partial charge is 0.368 e. The van der Waals surface area contributed by atoms with E-state index in [0.29, 0.717) is 22.2 Å². The van der Waals surface area contributed by atoms with Crippen LogP contribution < -0.4 is 40.9 Å².